The van der Waals surface area contributed by atoms with Gasteiger partial charge in [0.2, 0.25) is 0 Å². The smallest absolute Gasteiger partial charge is 0.292 e. The zero-order chi connectivity index (χ0) is 11.1. The number of hydrogen-bond acceptors (Lipinski definition) is 4. The minimum atomic E-state index is 0.282. The Bertz CT molecular complexity index is 416. The molecule has 0 bridgehead atoms. The van der Waals surface area contributed by atoms with Gasteiger partial charge >= 0.3 is 0 Å². The van der Waals surface area contributed by atoms with E-state index in [4.69, 9.17) is 20.0 Å². The van der Waals surface area contributed by atoms with Gasteiger partial charge in [-0.2, -0.15) is 0 Å². The van der Waals surface area contributed by atoms with Crippen LogP contribution in [0, 0.1) is 23.0 Å². The van der Waals surface area contributed by atoms with E-state index in [9.17, 15) is 0 Å². The Labute approximate surface area is 88.3 Å². The van der Waals surface area contributed by atoms with Gasteiger partial charge in [-0.05, 0) is 18.1 Å². The van der Waals surface area contributed by atoms with E-state index in [1.165, 1.54) is 0 Å². The Morgan fingerprint density at radius 1 is 1.20 bits per heavy atom. The van der Waals surface area contributed by atoms with Crippen molar-refractivity contribution < 1.29 is 9.47 Å². The molecule has 0 saturated carbocycles. The van der Waals surface area contributed by atoms with E-state index in [-0.39, 0.29) is 5.75 Å². The predicted octanol–water partition coefficient (Wildman–Crippen LogP) is 2.36. The third-order valence-corrected chi connectivity index (χ3v) is 1.88. The first-order chi connectivity index (χ1) is 7.33. The third kappa shape index (κ3) is 2.62. The van der Waals surface area contributed by atoms with Crippen molar-refractivity contribution in [3.05, 3.63) is 23.8 Å². The van der Waals surface area contributed by atoms with Gasteiger partial charge in [0.05, 0.1) is 0 Å². The molecule has 0 aromatic heterocycles. The summed E-state index contributed by atoms with van der Waals surface area (Å²) >= 11 is 0. The summed E-state index contributed by atoms with van der Waals surface area (Å²) in [6, 6.07) is 5.21. The highest BCUT2D eigenvalue weighted by molar-refractivity contribution is 5.47. The van der Waals surface area contributed by atoms with Gasteiger partial charge in [0.25, 0.3) is 12.5 Å². The van der Waals surface area contributed by atoms with Crippen LogP contribution in [0.15, 0.2) is 18.2 Å². The molecule has 0 fully saturated rings. The van der Waals surface area contributed by atoms with Crippen LogP contribution in [-0.2, 0) is 6.42 Å². The second kappa shape index (κ2) is 5.51. The molecule has 15 heavy (non-hydrogen) atoms. The number of aryl methyl sites for hydroxylation is 1. The lowest BCUT2D eigenvalue weighted by atomic mass is 10.1. The molecule has 0 aliphatic heterocycles. The number of rotatable bonds is 4. The number of nitriles is 2. The van der Waals surface area contributed by atoms with Crippen LogP contribution in [0.4, 0.5) is 0 Å². The quantitative estimate of drug-likeness (QED) is 0.703. The number of ether oxygens (including phenoxy) is 2. The van der Waals surface area contributed by atoms with Crippen molar-refractivity contribution in [2.45, 2.75) is 19.8 Å². The molecule has 0 radical (unpaired) electrons. The molecular weight excluding hydrogens is 192 g/mol. The summed E-state index contributed by atoms with van der Waals surface area (Å²) in [7, 11) is 0. The summed E-state index contributed by atoms with van der Waals surface area (Å²) in [6.45, 7) is 2.02. The first-order valence-electron chi connectivity index (χ1n) is 4.57. The van der Waals surface area contributed by atoms with Gasteiger partial charge < -0.3 is 9.47 Å². The van der Waals surface area contributed by atoms with Crippen LogP contribution in [0.5, 0.6) is 11.5 Å². The highest BCUT2D eigenvalue weighted by atomic mass is 16.5. The first kappa shape index (κ1) is 10.9. The van der Waals surface area contributed by atoms with E-state index in [2.05, 4.69) is 0 Å². The monoisotopic (exact) mass is 202 g/mol. The number of hydrogen-bond donors (Lipinski definition) is 0. The largest absolute Gasteiger partial charge is 0.384 e. The molecule has 0 saturated heterocycles. The Hall–Kier alpha value is -2.20. The fourth-order valence-electron chi connectivity index (χ4n) is 1.32. The van der Waals surface area contributed by atoms with Crippen LogP contribution in [0.25, 0.3) is 0 Å². The Kier molecular flexibility index (Phi) is 4.00. The molecular formula is C11H10N2O2. The first-order valence-corrected chi connectivity index (χ1v) is 4.57. The van der Waals surface area contributed by atoms with Gasteiger partial charge in [-0.25, -0.2) is 0 Å². The minimum Gasteiger partial charge on any atom is -0.384 e. The summed E-state index contributed by atoms with van der Waals surface area (Å²) in [5.41, 5.74) is 0.867. The molecule has 0 amide bonds. The van der Waals surface area contributed by atoms with Gasteiger partial charge in [0.1, 0.15) is 0 Å². The summed E-state index contributed by atoms with van der Waals surface area (Å²) in [5.74, 6) is 0.619. The van der Waals surface area contributed by atoms with Crippen LogP contribution < -0.4 is 9.47 Å². The molecule has 0 N–H and O–H groups in total. The Morgan fingerprint density at radius 2 is 1.93 bits per heavy atom. The van der Waals surface area contributed by atoms with Gasteiger partial charge in [-0.3, -0.25) is 0 Å². The maximum absolute atomic E-state index is 8.49. The van der Waals surface area contributed by atoms with Crippen molar-refractivity contribution >= 4 is 0 Å². The van der Waals surface area contributed by atoms with Crippen LogP contribution in [0.2, 0.25) is 0 Å². The van der Waals surface area contributed by atoms with E-state index in [1.807, 2.05) is 13.0 Å². The second-order valence-corrected chi connectivity index (χ2v) is 2.88. The summed E-state index contributed by atoms with van der Waals surface area (Å²) in [5, 5.41) is 16.9. The van der Waals surface area contributed by atoms with E-state index < -0.39 is 0 Å². The van der Waals surface area contributed by atoms with Crippen molar-refractivity contribution in [2.24, 2.45) is 0 Å². The minimum absolute atomic E-state index is 0.282. The van der Waals surface area contributed by atoms with E-state index in [1.54, 1.807) is 24.6 Å². The fourth-order valence-corrected chi connectivity index (χ4v) is 1.32. The third-order valence-electron chi connectivity index (χ3n) is 1.88. The summed E-state index contributed by atoms with van der Waals surface area (Å²) in [6.07, 6.45) is 4.86. The molecule has 1 aromatic rings. The van der Waals surface area contributed by atoms with Crippen LogP contribution in [0.1, 0.15) is 18.9 Å². The van der Waals surface area contributed by atoms with Gasteiger partial charge in [-0.1, -0.05) is 25.5 Å². The summed E-state index contributed by atoms with van der Waals surface area (Å²) < 4.78 is 9.51. The zero-order valence-electron chi connectivity index (χ0n) is 8.36. The highest BCUT2D eigenvalue weighted by Gasteiger charge is 2.10. The van der Waals surface area contributed by atoms with E-state index >= 15 is 0 Å². The zero-order valence-corrected chi connectivity index (χ0v) is 8.36. The van der Waals surface area contributed by atoms with E-state index in [0.29, 0.717) is 5.75 Å². The summed E-state index contributed by atoms with van der Waals surface area (Å²) in [4.78, 5) is 0. The maximum Gasteiger partial charge on any atom is 0.292 e. The predicted molar refractivity (Wildman–Crippen MR) is 52.9 cm³/mol. The molecule has 0 unspecified atom stereocenters. The molecule has 0 aliphatic rings. The molecule has 1 rings (SSSR count). The molecule has 0 aliphatic carbocycles. The lowest BCUT2D eigenvalue weighted by Gasteiger charge is -2.07. The van der Waals surface area contributed by atoms with Crippen molar-refractivity contribution in [1.82, 2.24) is 0 Å². The van der Waals surface area contributed by atoms with Crippen LogP contribution >= 0.6 is 0 Å². The molecule has 0 spiro atoms. The molecule has 76 valence electrons. The number of benzene rings is 1. The van der Waals surface area contributed by atoms with Crippen molar-refractivity contribution in [2.75, 3.05) is 0 Å². The Balaban J connectivity index is 3.11. The molecule has 1 aromatic carbocycles. The van der Waals surface area contributed by atoms with Crippen molar-refractivity contribution in [1.29, 1.82) is 10.5 Å². The van der Waals surface area contributed by atoms with Crippen molar-refractivity contribution in [3.8, 4) is 24.0 Å². The standard InChI is InChI=1S/C11H10N2O2/c1-2-4-9-5-3-6-10(14-7-12)11(9)15-8-13/h3,5-6H,2,4H2,1H3. The van der Waals surface area contributed by atoms with Gasteiger partial charge in [-0.15, -0.1) is 10.5 Å². The Morgan fingerprint density at radius 3 is 2.53 bits per heavy atom. The van der Waals surface area contributed by atoms with Gasteiger partial charge in [0, 0.05) is 0 Å². The molecule has 4 heteroatoms. The SMILES string of the molecule is CCCc1cccc(OC#N)c1OC#N. The lowest BCUT2D eigenvalue weighted by Crippen LogP contribution is -1.95. The highest BCUT2D eigenvalue weighted by Crippen LogP contribution is 2.31. The second-order valence-electron chi connectivity index (χ2n) is 2.88. The fraction of sp³-hybridized carbons (Fsp3) is 0.273. The van der Waals surface area contributed by atoms with E-state index in [0.717, 1.165) is 18.4 Å². The normalized spacial score (nSPS) is 8.73. The van der Waals surface area contributed by atoms with Gasteiger partial charge in [0.15, 0.2) is 11.5 Å². The van der Waals surface area contributed by atoms with Crippen LogP contribution in [-0.4, -0.2) is 0 Å². The molecule has 0 atom stereocenters. The van der Waals surface area contributed by atoms with Crippen molar-refractivity contribution in [3.63, 3.8) is 0 Å². The topological polar surface area (TPSA) is 66.0 Å². The average Bonchev–Trinajstić information content (AvgIpc) is 2.23. The number of nitrogens with zero attached hydrogens (tertiary/aromatic N) is 2. The average molecular weight is 202 g/mol. The van der Waals surface area contributed by atoms with Crippen LogP contribution in [0.3, 0.4) is 0 Å². The molecule has 4 nitrogen and oxygen atoms in total. The molecule has 0 heterocycles. The number of para-hydroxylation sites is 1. The maximum atomic E-state index is 8.49. The lowest BCUT2D eigenvalue weighted by molar-refractivity contribution is 0.436.